The standard InChI is InChI=1S/C10H21NO/c1-11(2)7-9-3-5-10(8-12)6-4-9/h9-10,12H,3-8H2,1-2H3. The highest BCUT2D eigenvalue weighted by atomic mass is 16.3. The predicted molar refractivity (Wildman–Crippen MR) is 51.1 cm³/mol. The first-order chi connectivity index (χ1) is 5.72. The molecule has 0 spiro atoms. The van der Waals surface area contributed by atoms with Gasteiger partial charge >= 0.3 is 0 Å². The summed E-state index contributed by atoms with van der Waals surface area (Å²) >= 11 is 0. The fourth-order valence-electron chi connectivity index (χ4n) is 2.11. The van der Waals surface area contributed by atoms with Gasteiger partial charge in [0.25, 0.3) is 0 Å². The van der Waals surface area contributed by atoms with E-state index in [4.69, 9.17) is 5.11 Å². The maximum atomic E-state index is 8.95. The molecule has 12 heavy (non-hydrogen) atoms. The Morgan fingerprint density at radius 3 is 2.00 bits per heavy atom. The van der Waals surface area contributed by atoms with Crippen LogP contribution in [0.2, 0.25) is 0 Å². The van der Waals surface area contributed by atoms with Crippen LogP contribution in [0.25, 0.3) is 0 Å². The van der Waals surface area contributed by atoms with Crippen LogP contribution in [0.5, 0.6) is 0 Å². The molecule has 2 heteroatoms. The second kappa shape index (κ2) is 4.83. The summed E-state index contributed by atoms with van der Waals surface area (Å²) in [7, 11) is 4.27. The van der Waals surface area contributed by atoms with Crippen LogP contribution in [0.1, 0.15) is 25.7 Å². The zero-order chi connectivity index (χ0) is 8.97. The molecule has 2 nitrogen and oxygen atoms in total. The summed E-state index contributed by atoms with van der Waals surface area (Å²) in [5, 5.41) is 8.95. The van der Waals surface area contributed by atoms with Crippen LogP contribution in [-0.4, -0.2) is 37.3 Å². The molecule has 0 saturated heterocycles. The topological polar surface area (TPSA) is 23.5 Å². The van der Waals surface area contributed by atoms with E-state index in [2.05, 4.69) is 19.0 Å². The molecule has 0 aromatic heterocycles. The number of rotatable bonds is 3. The smallest absolute Gasteiger partial charge is 0.0459 e. The van der Waals surface area contributed by atoms with Crippen LogP contribution < -0.4 is 0 Å². The highest BCUT2D eigenvalue weighted by Gasteiger charge is 2.20. The Balaban J connectivity index is 2.17. The minimum Gasteiger partial charge on any atom is -0.396 e. The molecule has 0 aliphatic heterocycles. The molecule has 0 bridgehead atoms. The number of aliphatic hydroxyl groups is 1. The van der Waals surface area contributed by atoms with Crippen molar-refractivity contribution in [1.29, 1.82) is 0 Å². The van der Waals surface area contributed by atoms with Crippen LogP contribution in [0.15, 0.2) is 0 Å². The van der Waals surface area contributed by atoms with Crippen molar-refractivity contribution in [3.63, 3.8) is 0 Å². The van der Waals surface area contributed by atoms with Crippen molar-refractivity contribution in [2.45, 2.75) is 25.7 Å². The molecule has 0 radical (unpaired) electrons. The van der Waals surface area contributed by atoms with Crippen LogP contribution in [-0.2, 0) is 0 Å². The summed E-state index contributed by atoms with van der Waals surface area (Å²) in [5.74, 6) is 1.48. The van der Waals surface area contributed by atoms with Gasteiger partial charge in [0.15, 0.2) is 0 Å². The van der Waals surface area contributed by atoms with E-state index in [0.717, 1.165) is 5.92 Å². The van der Waals surface area contributed by atoms with E-state index in [-0.39, 0.29) is 0 Å². The third-order valence-corrected chi connectivity index (χ3v) is 2.85. The van der Waals surface area contributed by atoms with Crippen LogP contribution in [0, 0.1) is 11.8 Å². The van der Waals surface area contributed by atoms with Gasteiger partial charge in [-0.2, -0.15) is 0 Å². The minimum absolute atomic E-state index is 0.398. The minimum atomic E-state index is 0.398. The maximum absolute atomic E-state index is 8.95. The summed E-state index contributed by atoms with van der Waals surface area (Å²) in [6, 6.07) is 0. The summed E-state index contributed by atoms with van der Waals surface area (Å²) in [6.45, 7) is 1.62. The fourth-order valence-corrected chi connectivity index (χ4v) is 2.11. The molecule has 1 fully saturated rings. The molecular formula is C10H21NO. The van der Waals surface area contributed by atoms with E-state index < -0.39 is 0 Å². The average molecular weight is 171 g/mol. The Hall–Kier alpha value is -0.0800. The number of hydrogen-bond donors (Lipinski definition) is 1. The Morgan fingerprint density at radius 2 is 1.58 bits per heavy atom. The first-order valence-electron chi connectivity index (χ1n) is 4.98. The van der Waals surface area contributed by atoms with Gasteiger partial charge in [0.1, 0.15) is 0 Å². The van der Waals surface area contributed by atoms with Gasteiger partial charge in [0.05, 0.1) is 0 Å². The van der Waals surface area contributed by atoms with Gasteiger partial charge in [-0.25, -0.2) is 0 Å². The molecule has 72 valence electrons. The Labute approximate surface area is 75.6 Å². The quantitative estimate of drug-likeness (QED) is 0.693. The van der Waals surface area contributed by atoms with Gasteiger partial charge < -0.3 is 10.0 Å². The van der Waals surface area contributed by atoms with Gasteiger partial charge in [-0.05, 0) is 51.6 Å². The zero-order valence-corrected chi connectivity index (χ0v) is 8.29. The van der Waals surface area contributed by atoms with Crippen molar-refractivity contribution >= 4 is 0 Å². The third-order valence-electron chi connectivity index (χ3n) is 2.85. The van der Waals surface area contributed by atoms with E-state index >= 15 is 0 Å². The molecule has 1 aliphatic carbocycles. The van der Waals surface area contributed by atoms with Crippen molar-refractivity contribution in [2.75, 3.05) is 27.2 Å². The lowest BCUT2D eigenvalue weighted by Crippen LogP contribution is -2.26. The van der Waals surface area contributed by atoms with Gasteiger partial charge in [-0.1, -0.05) is 0 Å². The monoisotopic (exact) mass is 171 g/mol. The number of hydrogen-bond acceptors (Lipinski definition) is 2. The average Bonchev–Trinajstić information content (AvgIpc) is 2.05. The lowest BCUT2D eigenvalue weighted by atomic mass is 9.82. The molecular weight excluding hydrogens is 150 g/mol. The Kier molecular flexibility index (Phi) is 4.02. The third kappa shape index (κ3) is 3.11. The van der Waals surface area contributed by atoms with E-state index in [9.17, 15) is 0 Å². The molecule has 1 rings (SSSR count). The van der Waals surface area contributed by atoms with Gasteiger partial charge in [0, 0.05) is 13.2 Å². The van der Waals surface area contributed by atoms with Crippen LogP contribution >= 0.6 is 0 Å². The van der Waals surface area contributed by atoms with Crippen molar-refractivity contribution in [3.05, 3.63) is 0 Å². The van der Waals surface area contributed by atoms with Gasteiger partial charge in [0.2, 0.25) is 0 Å². The summed E-state index contributed by atoms with van der Waals surface area (Å²) in [6.07, 6.45) is 5.08. The summed E-state index contributed by atoms with van der Waals surface area (Å²) in [5.41, 5.74) is 0. The fraction of sp³-hybridized carbons (Fsp3) is 1.00. The zero-order valence-electron chi connectivity index (χ0n) is 8.29. The molecule has 1 aliphatic rings. The highest BCUT2D eigenvalue weighted by molar-refractivity contribution is 4.73. The molecule has 0 aromatic rings. The van der Waals surface area contributed by atoms with Crippen LogP contribution in [0.3, 0.4) is 0 Å². The van der Waals surface area contributed by atoms with E-state index in [1.165, 1.54) is 32.2 Å². The van der Waals surface area contributed by atoms with Gasteiger partial charge in [-0.3, -0.25) is 0 Å². The number of aliphatic hydroxyl groups excluding tert-OH is 1. The molecule has 0 unspecified atom stereocenters. The van der Waals surface area contributed by atoms with Crippen LogP contribution in [0.4, 0.5) is 0 Å². The number of nitrogens with zero attached hydrogens (tertiary/aromatic N) is 1. The lowest BCUT2D eigenvalue weighted by molar-refractivity contribution is 0.154. The van der Waals surface area contributed by atoms with E-state index in [1.54, 1.807) is 0 Å². The molecule has 0 heterocycles. The first-order valence-corrected chi connectivity index (χ1v) is 4.98. The van der Waals surface area contributed by atoms with Crippen molar-refractivity contribution in [2.24, 2.45) is 11.8 Å². The second-order valence-electron chi connectivity index (χ2n) is 4.33. The maximum Gasteiger partial charge on any atom is 0.0459 e. The van der Waals surface area contributed by atoms with Crippen molar-refractivity contribution in [3.8, 4) is 0 Å². The Morgan fingerprint density at radius 1 is 1.08 bits per heavy atom. The van der Waals surface area contributed by atoms with Crippen molar-refractivity contribution < 1.29 is 5.11 Å². The highest BCUT2D eigenvalue weighted by Crippen LogP contribution is 2.28. The normalized spacial score (nSPS) is 31.0. The largest absolute Gasteiger partial charge is 0.396 e. The first kappa shape index (κ1) is 10.0. The van der Waals surface area contributed by atoms with E-state index in [1.807, 2.05) is 0 Å². The summed E-state index contributed by atoms with van der Waals surface area (Å²) < 4.78 is 0. The lowest BCUT2D eigenvalue weighted by Gasteiger charge is -2.29. The predicted octanol–water partition coefficient (Wildman–Crippen LogP) is 1.35. The van der Waals surface area contributed by atoms with Crippen molar-refractivity contribution in [1.82, 2.24) is 4.90 Å². The van der Waals surface area contributed by atoms with E-state index in [0.29, 0.717) is 12.5 Å². The Bertz CT molecular complexity index is 117. The second-order valence-corrected chi connectivity index (χ2v) is 4.33. The molecule has 0 amide bonds. The molecule has 1 saturated carbocycles. The SMILES string of the molecule is CN(C)CC1CCC(CO)CC1. The molecule has 0 atom stereocenters. The molecule has 0 aromatic carbocycles. The molecule has 1 N–H and O–H groups in total. The summed E-state index contributed by atoms with van der Waals surface area (Å²) in [4.78, 5) is 2.27. The van der Waals surface area contributed by atoms with Gasteiger partial charge in [-0.15, -0.1) is 0 Å².